The van der Waals surface area contributed by atoms with Crippen molar-refractivity contribution in [2.75, 3.05) is 0 Å². The number of ketones is 1. The van der Waals surface area contributed by atoms with Gasteiger partial charge in [0.05, 0.1) is 5.02 Å². The topological polar surface area (TPSA) is 17.1 Å². The molecule has 1 nitrogen and oxygen atoms in total. The molecule has 0 unspecified atom stereocenters. The fourth-order valence-corrected chi connectivity index (χ4v) is 2.19. The van der Waals surface area contributed by atoms with Crippen LogP contribution in [0.15, 0.2) is 36.4 Å². The Morgan fingerprint density at radius 3 is 2.56 bits per heavy atom. The average molecular weight is 375 g/mol. The van der Waals surface area contributed by atoms with Crippen LogP contribution in [0.4, 0.5) is 4.39 Å². The van der Waals surface area contributed by atoms with Gasteiger partial charge in [0.1, 0.15) is 5.82 Å². The molecular formula is C14H9ClFIO. The molecule has 0 aliphatic carbocycles. The van der Waals surface area contributed by atoms with Gasteiger partial charge in [0, 0.05) is 14.7 Å². The summed E-state index contributed by atoms with van der Waals surface area (Å²) in [6, 6.07) is 9.27. The van der Waals surface area contributed by atoms with Gasteiger partial charge in [-0.3, -0.25) is 4.79 Å². The van der Waals surface area contributed by atoms with Crippen LogP contribution in [0.2, 0.25) is 5.02 Å². The third-order valence-electron chi connectivity index (χ3n) is 2.61. The van der Waals surface area contributed by atoms with E-state index in [1.54, 1.807) is 25.1 Å². The summed E-state index contributed by atoms with van der Waals surface area (Å²) in [4.78, 5) is 12.3. The minimum atomic E-state index is -0.343. The van der Waals surface area contributed by atoms with Crippen LogP contribution in [0.25, 0.3) is 0 Å². The molecule has 18 heavy (non-hydrogen) atoms. The number of aryl methyl sites for hydroxylation is 1. The fraction of sp³-hybridized carbons (Fsp3) is 0.0714. The predicted octanol–water partition coefficient (Wildman–Crippen LogP) is 4.62. The second-order valence-corrected chi connectivity index (χ2v) is 5.49. The second-order valence-electron chi connectivity index (χ2n) is 3.92. The van der Waals surface area contributed by atoms with Gasteiger partial charge in [-0.25, -0.2) is 4.39 Å². The summed E-state index contributed by atoms with van der Waals surface area (Å²) in [5, 5.41) is 0.543. The molecule has 2 aromatic carbocycles. The summed E-state index contributed by atoms with van der Waals surface area (Å²) < 4.78 is 13.9. The highest BCUT2D eigenvalue weighted by atomic mass is 127. The van der Waals surface area contributed by atoms with Crippen molar-refractivity contribution in [1.82, 2.24) is 0 Å². The van der Waals surface area contributed by atoms with Crippen molar-refractivity contribution in [3.8, 4) is 0 Å². The molecule has 0 atom stereocenters. The molecule has 0 amide bonds. The maximum absolute atomic E-state index is 13.0. The van der Waals surface area contributed by atoms with Crippen LogP contribution in [0.5, 0.6) is 0 Å². The maximum atomic E-state index is 13.0. The van der Waals surface area contributed by atoms with Gasteiger partial charge in [-0.15, -0.1) is 0 Å². The van der Waals surface area contributed by atoms with Crippen molar-refractivity contribution in [2.24, 2.45) is 0 Å². The smallest absolute Gasteiger partial charge is 0.193 e. The minimum absolute atomic E-state index is 0.147. The molecule has 0 radical (unpaired) electrons. The third-order valence-corrected chi connectivity index (χ3v) is 4.19. The lowest BCUT2D eigenvalue weighted by molar-refractivity contribution is 0.103. The van der Waals surface area contributed by atoms with E-state index < -0.39 is 0 Å². The molecule has 0 spiro atoms. The summed E-state index contributed by atoms with van der Waals surface area (Å²) >= 11 is 8.09. The number of benzene rings is 2. The Balaban J connectivity index is 2.44. The lowest BCUT2D eigenvalue weighted by Gasteiger charge is -2.06. The zero-order chi connectivity index (χ0) is 13.3. The Morgan fingerprint density at radius 1 is 1.22 bits per heavy atom. The third kappa shape index (κ3) is 2.72. The van der Waals surface area contributed by atoms with E-state index in [1.807, 2.05) is 0 Å². The van der Waals surface area contributed by atoms with Gasteiger partial charge in [0.2, 0.25) is 0 Å². The highest BCUT2D eigenvalue weighted by Crippen LogP contribution is 2.22. The first kappa shape index (κ1) is 13.5. The highest BCUT2D eigenvalue weighted by molar-refractivity contribution is 14.1. The number of carbonyl (C=O) groups excluding carboxylic acids is 1. The Morgan fingerprint density at radius 2 is 1.94 bits per heavy atom. The minimum Gasteiger partial charge on any atom is -0.289 e. The van der Waals surface area contributed by atoms with E-state index in [4.69, 9.17) is 11.6 Å². The van der Waals surface area contributed by atoms with Gasteiger partial charge in [-0.1, -0.05) is 11.6 Å². The molecule has 0 fully saturated rings. The van der Waals surface area contributed by atoms with Crippen LogP contribution in [-0.2, 0) is 0 Å². The average Bonchev–Trinajstić information content (AvgIpc) is 2.32. The number of rotatable bonds is 2. The van der Waals surface area contributed by atoms with Gasteiger partial charge in [-0.05, 0) is 71.5 Å². The van der Waals surface area contributed by atoms with Crippen molar-refractivity contribution < 1.29 is 9.18 Å². The van der Waals surface area contributed by atoms with E-state index in [9.17, 15) is 9.18 Å². The van der Waals surface area contributed by atoms with Crippen molar-refractivity contribution >= 4 is 40.0 Å². The van der Waals surface area contributed by atoms with Crippen LogP contribution in [0, 0.1) is 16.3 Å². The van der Waals surface area contributed by atoms with Gasteiger partial charge in [0.25, 0.3) is 0 Å². The molecule has 2 rings (SSSR count). The first-order valence-corrected chi connectivity index (χ1v) is 6.70. The highest BCUT2D eigenvalue weighted by Gasteiger charge is 2.13. The summed E-state index contributed by atoms with van der Waals surface area (Å²) in [5.74, 6) is -0.490. The zero-order valence-electron chi connectivity index (χ0n) is 9.51. The normalized spacial score (nSPS) is 10.4. The standard InChI is InChI=1S/C14H9ClFIO/c1-8-6-10(16)3-4-11(8)14(18)9-2-5-13(17)12(15)7-9/h2-7H,1H3. The molecule has 0 N–H and O–H groups in total. The van der Waals surface area contributed by atoms with Crippen LogP contribution in [-0.4, -0.2) is 5.78 Å². The second kappa shape index (κ2) is 5.36. The Labute approximate surface area is 123 Å². The van der Waals surface area contributed by atoms with E-state index >= 15 is 0 Å². The van der Waals surface area contributed by atoms with Crippen LogP contribution < -0.4 is 0 Å². The quantitative estimate of drug-likeness (QED) is 0.554. The number of hydrogen-bond donors (Lipinski definition) is 0. The summed E-state index contributed by atoms with van der Waals surface area (Å²) in [6.07, 6.45) is 0. The number of carbonyl (C=O) groups is 1. The van der Waals surface area contributed by atoms with Gasteiger partial charge in [-0.2, -0.15) is 0 Å². The molecular weight excluding hydrogens is 366 g/mol. The fourth-order valence-electron chi connectivity index (χ4n) is 1.67. The van der Waals surface area contributed by atoms with Crippen LogP contribution in [0.1, 0.15) is 21.5 Å². The van der Waals surface area contributed by atoms with Crippen molar-refractivity contribution in [3.63, 3.8) is 0 Å². The molecule has 0 aromatic heterocycles. The largest absolute Gasteiger partial charge is 0.289 e. The van der Waals surface area contributed by atoms with Crippen LogP contribution in [0.3, 0.4) is 0 Å². The predicted molar refractivity (Wildman–Crippen MR) is 78.7 cm³/mol. The Bertz CT molecular complexity index is 625. The van der Waals surface area contributed by atoms with E-state index in [2.05, 4.69) is 22.6 Å². The van der Waals surface area contributed by atoms with Gasteiger partial charge >= 0.3 is 0 Å². The Hall–Kier alpha value is -0.940. The van der Waals surface area contributed by atoms with E-state index in [0.717, 1.165) is 3.57 Å². The zero-order valence-corrected chi connectivity index (χ0v) is 12.4. The van der Waals surface area contributed by atoms with Gasteiger partial charge in [0.15, 0.2) is 5.78 Å². The van der Waals surface area contributed by atoms with Crippen molar-refractivity contribution in [1.29, 1.82) is 0 Å². The number of hydrogen-bond acceptors (Lipinski definition) is 1. The molecule has 0 aliphatic heterocycles. The monoisotopic (exact) mass is 374 g/mol. The lowest BCUT2D eigenvalue weighted by Crippen LogP contribution is -2.04. The van der Waals surface area contributed by atoms with Gasteiger partial charge < -0.3 is 0 Å². The molecule has 92 valence electrons. The number of halogens is 3. The van der Waals surface area contributed by atoms with E-state index in [0.29, 0.717) is 21.7 Å². The molecule has 0 heterocycles. The summed E-state index contributed by atoms with van der Waals surface area (Å²) in [7, 11) is 0. The van der Waals surface area contributed by atoms with E-state index in [-0.39, 0.29) is 11.6 Å². The molecule has 4 heteroatoms. The molecule has 0 saturated carbocycles. The van der Waals surface area contributed by atoms with Crippen LogP contribution >= 0.6 is 34.2 Å². The Kier molecular flexibility index (Phi) is 4.02. The maximum Gasteiger partial charge on any atom is 0.193 e. The SMILES string of the molecule is Cc1cc(F)ccc1C(=O)c1ccc(I)c(Cl)c1. The molecule has 0 bridgehead atoms. The van der Waals surface area contributed by atoms with Crippen molar-refractivity contribution in [3.05, 3.63) is 67.5 Å². The summed E-state index contributed by atoms with van der Waals surface area (Å²) in [5.41, 5.74) is 1.62. The molecule has 2 aromatic rings. The molecule has 0 aliphatic rings. The van der Waals surface area contributed by atoms with Crippen molar-refractivity contribution in [2.45, 2.75) is 6.92 Å². The van der Waals surface area contributed by atoms with E-state index in [1.165, 1.54) is 18.2 Å². The first-order chi connectivity index (χ1) is 8.49. The summed E-state index contributed by atoms with van der Waals surface area (Å²) in [6.45, 7) is 1.71. The molecule has 0 saturated heterocycles. The first-order valence-electron chi connectivity index (χ1n) is 5.25. The lowest BCUT2D eigenvalue weighted by atomic mass is 9.99.